The largest absolute Gasteiger partial charge is 0.490 e. The molecule has 30 heavy (non-hydrogen) atoms. The lowest BCUT2D eigenvalue weighted by Crippen LogP contribution is -2.20. The molecular formula is C23H22IN3O3. The van der Waals surface area contributed by atoms with Crippen LogP contribution in [0.3, 0.4) is 0 Å². The molecule has 1 amide bonds. The molecule has 0 radical (unpaired) electrons. The molecule has 0 unspecified atom stereocenters. The summed E-state index contributed by atoms with van der Waals surface area (Å²) in [7, 11) is 0. The van der Waals surface area contributed by atoms with Crippen LogP contribution in [0, 0.1) is 3.57 Å². The van der Waals surface area contributed by atoms with E-state index in [2.05, 4.69) is 38.4 Å². The van der Waals surface area contributed by atoms with E-state index in [9.17, 15) is 4.79 Å². The number of hydrogen-bond donors (Lipinski definition) is 2. The minimum absolute atomic E-state index is 0.117. The van der Waals surface area contributed by atoms with Crippen LogP contribution in [0.4, 0.5) is 11.4 Å². The first-order valence-corrected chi connectivity index (χ1v) is 10.5. The van der Waals surface area contributed by atoms with Crippen molar-refractivity contribution in [3.63, 3.8) is 0 Å². The Balaban J connectivity index is 1.67. The summed E-state index contributed by atoms with van der Waals surface area (Å²) in [5.41, 5.74) is 5.46. The van der Waals surface area contributed by atoms with E-state index >= 15 is 0 Å². The molecule has 3 aromatic rings. The number of benzene rings is 3. The molecule has 0 bridgehead atoms. The van der Waals surface area contributed by atoms with E-state index < -0.39 is 0 Å². The van der Waals surface area contributed by atoms with Gasteiger partial charge in [-0.15, -0.1) is 0 Å². The number of rotatable bonds is 9. The van der Waals surface area contributed by atoms with E-state index in [4.69, 9.17) is 9.47 Å². The zero-order valence-electron chi connectivity index (χ0n) is 16.5. The van der Waals surface area contributed by atoms with Crippen LogP contribution in [0.1, 0.15) is 12.5 Å². The van der Waals surface area contributed by atoms with Crippen molar-refractivity contribution >= 4 is 46.1 Å². The van der Waals surface area contributed by atoms with E-state index in [-0.39, 0.29) is 12.5 Å². The summed E-state index contributed by atoms with van der Waals surface area (Å²) in [6.45, 7) is 2.26. The molecular weight excluding hydrogens is 493 g/mol. The van der Waals surface area contributed by atoms with Gasteiger partial charge in [0.2, 0.25) is 0 Å². The van der Waals surface area contributed by atoms with Gasteiger partial charge in [-0.25, -0.2) is 0 Å². The van der Waals surface area contributed by atoms with E-state index in [0.717, 1.165) is 20.5 Å². The quantitative estimate of drug-likeness (QED) is 0.235. The fourth-order valence-corrected chi connectivity index (χ4v) is 3.40. The molecule has 0 aliphatic heterocycles. The average molecular weight is 515 g/mol. The predicted octanol–water partition coefficient (Wildman–Crippen LogP) is 5.15. The lowest BCUT2D eigenvalue weighted by Gasteiger charge is -2.14. The van der Waals surface area contributed by atoms with Crippen molar-refractivity contribution in [3.05, 3.63) is 81.9 Å². The summed E-state index contributed by atoms with van der Waals surface area (Å²) in [6.07, 6.45) is 1.71. The van der Waals surface area contributed by atoms with E-state index in [1.807, 2.05) is 79.7 Å². The molecule has 0 fully saturated rings. The smallest absolute Gasteiger partial charge is 0.262 e. The van der Waals surface area contributed by atoms with E-state index in [0.29, 0.717) is 18.1 Å². The number of anilines is 2. The monoisotopic (exact) mass is 515 g/mol. The number of nitrogens with one attached hydrogen (secondary N) is 2. The van der Waals surface area contributed by atoms with Crippen LogP contribution in [0.5, 0.6) is 11.5 Å². The van der Waals surface area contributed by atoms with Crippen LogP contribution in [0.2, 0.25) is 0 Å². The molecule has 0 saturated carbocycles. The average Bonchev–Trinajstić information content (AvgIpc) is 2.75. The number of para-hydroxylation sites is 2. The van der Waals surface area contributed by atoms with Crippen LogP contribution >= 0.6 is 22.6 Å². The Morgan fingerprint density at radius 3 is 2.33 bits per heavy atom. The van der Waals surface area contributed by atoms with Crippen molar-refractivity contribution in [2.24, 2.45) is 5.10 Å². The Morgan fingerprint density at radius 1 is 1.00 bits per heavy atom. The number of halogens is 1. The second-order valence-electron chi connectivity index (χ2n) is 6.20. The number of carbonyl (C=O) groups is 1. The number of carbonyl (C=O) groups excluding carboxylic acids is 1. The lowest BCUT2D eigenvalue weighted by molar-refractivity contribution is -0.118. The summed E-state index contributed by atoms with van der Waals surface area (Å²) < 4.78 is 12.3. The van der Waals surface area contributed by atoms with Gasteiger partial charge in [0.05, 0.1) is 22.1 Å². The molecule has 0 aliphatic carbocycles. The van der Waals surface area contributed by atoms with Gasteiger partial charge in [-0.3, -0.25) is 10.2 Å². The second kappa shape index (κ2) is 11.2. The highest BCUT2D eigenvalue weighted by Crippen LogP contribution is 2.34. The number of nitrogens with zero attached hydrogens (tertiary/aromatic N) is 1. The minimum Gasteiger partial charge on any atom is -0.490 e. The van der Waals surface area contributed by atoms with Gasteiger partial charge < -0.3 is 14.8 Å². The second-order valence-corrected chi connectivity index (χ2v) is 7.36. The highest BCUT2D eigenvalue weighted by Gasteiger charge is 2.14. The van der Waals surface area contributed by atoms with Gasteiger partial charge >= 0.3 is 0 Å². The number of hydrogen-bond acceptors (Lipinski definition) is 5. The Bertz CT molecular complexity index is 995. The Hall–Kier alpha value is -3.07. The summed E-state index contributed by atoms with van der Waals surface area (Å²) in [6, 6.07) is 22.7. The van der Waals surface area contributed by atoms with Gasteiger partial charge in [-0.2, -0.15) is 5.10 Å². The van der Waals surface area contributed by atoms with Crippen molar-refractivity contribution in [3.8, 4) is 11.5 Å². The lowest BCUT2D eigenvalue weighted by atomic mass is 10.2. The van der Waals surface area contributed by atoms with Gasteiger partial charge in [0, 0.05) is 5.69 Å². The molecule has 7 heteroatoms. The SMILES string of the molecule is CCOc1cc(/C=N\Nc2ccccc2)cc(I)c1OCC(=O)Nc1ccccc1. The van der Waals surface area contributed by atoms with Crippen molar-refractivity contribution in [2.75, 3.05) is 24.0 Å². The summed E-state index contributed by atoms with van der Waals surface area (Å²) in [5, 5.41) is 7.07. The topological polar surface area (TPSA) is 71.9 Å². The molecule has 3 aromatic carbocycles. The Labute approximate surface area is 189 Å². The highest BCUT2D eigenvalue weighted by molar-refractivity contribution is 14.1. The van der Waals surface area contributed by atoms with Gasteiger partial charge in [0.15, 0.2) is 18.1 Å². The number of hydrazone groups is 1. The van der Waals surface area contributed by atoms with Crippen molar-refractivity contribution < 1.29 is 14.3 Å². The summed E-state index contributed by atoms with van der Waals surface area (Å²) >= 11 is 2.17. The Morgan fingerprint density at radius 2 is 1.67 bits per heavy atom. The first-order valence-electron chi connectivity index (χ1n) is 9.44. The molecule has 0 saturated heterocycles. The van der Waals surface area contributed by atoms with Crippen LogP contribution < -0.4 is 20.2 Å². The van der Waals surface area contributed by atoms with Crippen molar-refractivity contribution in [1.29, 1.82) is 0 Å². The molecule has 3 rings (SSSR count). The minimum atomic E-state index is -0.239. The third kappa shape index (κ3) is 6.48. The molecule has 0 spiro atoms. The van der Waals surface area contributed by atoms with Crippen molar-refractivity contribution in [1.82, 2.24) is 0 Å². The fraction of sp³-hybridized carbons (Fsp3) is 0.130. The van der Waals surface area contributed by atoms with Gasteiger partial charge in [0.1, 0.15) is 0 Å². The predicted molar refractivity (Wildman–Crippen MR) is 129 cm³/mol. The summed E-state index contributed by atoms with van der Waals surface area (Å²) in [4.78, 5) is 12.2. The van der Waals surface area contributed by atoms with E-state index in [1.165, 1.54) is 0 Å². The Kier molecular flexibility index (Phi) is 8.08. The van der Waals surface area contributed by atoms with Crippen LogP contribution in [-0.2, 0) is 4.79 Å². The number of amides is 1. The zero-order valence-corrected chi connectivity index (χ0v) is 18.6. The third-order valence-electron chi connectivity index (χ3n) is 3.92. The van der Waals surface area contributed by atoms with E-state index in [1.54, 1.807) is 6.21 Å². The standard InChI is InChI=1S/C23H22IN3O3/c1-2-29-21-14-17(15-25-27-19-11-7-4-8-12-19)13-20(24)23(21)30-16-22(28)26-18-9-5-3-6-10-18/h3-15,27H,2,16H2,1H3,(H,26,28)/b25-15-. The van der Waals surface area contributed by atoms with Crippen molar-refractivity contribution in [2.45, 2.75) is 6.92 Å². The van der Waals surface area contributed by atoms with Gasteiger partial charge in [0.25, 0.3) is 5.91 Å². The number of ether oxygens (including phenoxy) is 2. The molecule has 154 valence electrons. The molecule has 0 aromatic heterocycles. The first kappa shape index (κ1) is 21.6. The zero-order chi connectivity index (χ0) is 21.2. The molecule has 0 aliphatic rings. The highest BCUT2D eigenvalue weighted by atomic mass is 127. The van der Waals surface area contributed by atoms with Gasteiger partial charge in [-0.05, 0) is 71.5 Å². The maximum atomic E-state index is 12.2. The van der Waals surface area contributed by atoms with Gasteiger partial charge in [-0.1, -0.05) is 36.4 Å². The van der Waals surface area contributed by atoms with Crippen LogP contribution in [0.25, 0.3) is 0 Å². The normalized spacial score (nSPS) is 10.6. The molecule has 2 N–H and O–H groups in total. The molecule has 6 nitrogen and oxygen atoms in total. The third-order valence-corrected chi connectivity index (χ3v) is 4.72. The van der Waals surface area contributed by atoms with Crippen LogP contribution in [-0.4, -0.2) is 25.3 Å². The summed E-state index contributed by atoms with van der Waals surface area (Å²) in [5.74, 6) is 0.865. The fourth-order valence-electron chi connectivity index (χ4n) is 2.62. The van der Waals surface area contributed by atoms with Crippen LogP contribution in [0.15, 0.2) is 77.9 Å². The molecule has 0 atom stereocenters. The maximum Gasteiger partial charge on any atom is 0.262 e. The molecule has 0 heterocycles. The maximum absolute atomic E-state index is 12.2. The first-order chi connectivity index (χ1) is 14.7.